The number of carbonyl (C=O) groups excluding carboxylic acids is 3. The van der Waals surface area contributed by atoms with Gasteiger partial charge in [0.05, 0.1) is 23.3 Å². The van der Waals surface area contributed by atoms with Gasteiger partial charge in [0, 0.05) is 12.1 Å². The smallest absolute Gasteiger partial charge is 0.344 e. The molecule has 0 aliphatic heterocycles. The van der Waals surface area contributed by atoms with Crippen molar-refractivity contribution < 1.29 is 33.5 Å². The first-order valence-corrected chi connectivity index (χ1v) is 7.90. The van der Waals surface area contributed by atoms with Gasteiger partial charge in [0.15, 0.2) is 13.2 Å². The molecule has 0 aliphatic carbocycles. The topological polar surface area (TPSA) is 134 Å². The van der Waals surface area contributed by atoms with Crippen LogP contribution in [-0.2, 0) is 19.1 Å². The summed E-state index contributed by atoms with van der Waals surface area (Å²) in [5.41, 5.74) is 0.266. The van der Waals surface area contributed by atoms with Crippen molar-refractivity contribution in [1.29, 1.82) is 0 Å². The van der Waals surface area contributed by atoms with Gasteiger partial charge in [0.25, 0.3) is 11.6 Å². The summed E-state index contributed by atoms with van der Waals surface area (Å²) in [7, 11) is 1.22. The van der Waals surface area contributed by atoms with Crippen molar-refractivity contribution in [3.05, 3.63) is 64.2 Å². The van der Waals surface area contributed by atoms with Crippen molar-refractivity contribution in [2.45, 2.75) is 0 Å². The van der Waals surface area contributed by atoms with Crippen LogP contribution < -0.4 is 10.1 Å². The van der Waals surface area contributed by atoms with Crippen LogP contribution in [-0.4, -0.2) is 43.1 Å². The number of nitrogens with one attached hydrogen (secondary N) is 1. The maximum absolute atomic E-state index is 11.9. The van der Waals surface area contributed by atoms with E-state index in [0.717, 1.165) is 0 Å². The molecular formula is C18H16N2O8. The van der Waals surface area contributed by atoms with E-state index in [-0.39, 0.29) is 22.7 Å². The molecule has 0 saturated heterocycles. The number of para-hydroxylation sites is 1. The second kappa shape index (κ2) is 9.67. The lowest BCUT2D eigenvalue weighted by Crippen LogP contribution is -2.24. The highest BCUT2D eigenvalue weighted by molar-refractivity contribution is 6.01. The molecule has 0 spiro atoms. The minimum atomic E-state index is -0.810. The summed E-state index contributed by atoms with van der Waals surface area (Å²) in [5.74, 6) is -1.85. The number of benzene rings is 2. The molecule has 0 heterocycles. The van der Waals surface area contributed by atoms with Gasteiger partial charge in [-0.3, -0.25) is 14.9 Å². The molecular weight excluding hydrogens is 372 g/mol. The predicted molar refractivity (Wildman–Crippen MR) is 96.0 cm³/mol. The van der Waals surface area contributed by atoms with E-state index in [9.17, 15) is 24.5 Å². The number of nitro benzene ring substituents is 1. The normalized spacial score (nSPS) is 9.89. The second-order valence-corrected chi connectivity index (χ2v) is 5.29. The average molecular weight is 388 g/mol. The number of methoxy groups -OCH3 is 1. The van der Waals surface area contributed by atoms with Crippen LogP contribution in [0.4, 0.5) is 11.4 Å². The van der Waals surface area contributed by atoms with Gasteiger partial charge in [-0.1, -0.05) is 12.1 Å². The maximum Gasteiger partial charge on any atom is 0.344 e. The molecule has 0 aromatic heterocycles. The number of rotatable bonds is 8. The summed E-state index contributed by atoms with van der Waals surface area (Å²) in [6.45, 7) is -1.07. The van der Waals surface area contributed by atoms with Gasteiger partial charge >= 0.3 is 11.9 Å². The van der Waals surface area contributed by atoms with E-state index in [1.54, 1.807) is 12.1 Å². The third-order valence-electron chi connectivity index (χ3n) is 3.37. The highest BCUT2D eigenvalue weighted by Gasteiger charge is 2.15. The molecule has 2 aromatic carbocycles. The zero-order valence-corrected chi connectivity index (χ0v) is 14.7. The Hall–Kier alpha value is -3.95. The van der Waals surface area contributed by atoms with Crippen LogP contribution >= 0.6 is 0 Å². The van der Waals surface area contributed by atoms with Gasteiger partial charge in [-0.15, -0.1) is 0 Å². The summed E-state index contributed by atoms with van der Waals surface area (Å²) in [6.07, 6.45) is 0. The molecule has 2 aromatic rings. The summed E-state index contributed by atoms with van der Waals surface area (Å²) in [4.78, 5) is 45.2. The molecule has 0 unspecified atom stereocenters. The summed E-state index contributed by atoms with van der Waals surface area (Å²) < 4.78 is 14.5. The fourth-order valence-electron chi connectivity index (χ4n) is 2.06. The number of hydrogen-bond acceptors (Lipinski definition) is 8. The van der Waals surface area contributed by atoms with Crippen LogP contribution in [0.15, 0.2) is 48.5 Å². The van der Waals surface area contributed by atoms with Crippen molar-refractivity contribution >= 4 is 29.2 Å². The Morgan fingerprint density at radius 2 is 1.71 bits per heavy atom. The molecule has 28 heavy (non-hydrogen) atoms. The van der Waals surface area contributed by atoms with Crippen molar-refractivity contribution in [3.63, 3.8) is 0 Å². The standard InChI is InChI=1S/C18H16N2O8/c1-26-18(23)14-4-2-3-5-15(14)19-16(21)10-28-17(22)11-27-13-8-6-12(7-9-13)20(24)25/h2-9H,10-11H2,1H3,(H,19,21). The van der Waals surface area contributed by atoms with Crippen LogP contribution in [0.3, 0.4) is 0 Å². The minimum Gasteiger partial charge on any atom is -0.482 e. The summed E-state index contributed by atoms with van der Waals surface area (Å²) >= 11 is 0. The highest BCUT2D eigenvalue weighted by atomic mass is 16.6. The van der Waals surface area contributed by atoms with Crippen molar-refractivity contribution in [3.8, 4) is 5.75 Å². The van der Waals surface area contributed by atoms with Crippen LogP contribution in [0.5, 0.6) is 5.75 Å². The molecule has 0 atom stereocenters. The van der Waals surface area contributed by atoms with Crippen LogP contribution in [0.1, 0.15) is 10.4 Å². The average Bonchev–Trinajstić information content (AvgIpc) is 2.70. The van der Waals surface area contributed by atoms with Gasteiger partial charge in [0.2, 0.25) is 0 Å². The molecule has 146 valence electrons. The van der Waals surface area contributed by atoms with Crippen molar-refractivity contribution in [2.75, 3.05) is 25.6 Å². The summed E-state index contributed by atoms with van der Waals surface area (Å²) in [5, 5.41) is 13.0. The molecule has 1 N–H and O–H groups in total. The Kier molecular flexibility index (Phi) is 7.03. The Bertz CT molecular complexity index is 879. The van der Waals surface area contributed by atoms with Crippen molar-refractivity contribution in [1.82, 2.24) is 0 Å². The first kappa shape index (κ1) is 20.4. The number of anilines is 1. The lowest BCUT2D eigenvalue weighted by atomic mass is 10.2. The van der Waals surface area contributed by atoms with E-state index in [2.05, 4.69) is 10.1 Å². The molecule has 0 fully saturated rings. The van der Waals surface area contributed by atoms with Gasteiger partial charge in [-0.25, -0.2) is 9.59 Å². The Labute approximate surface area is 159 Å². The number of nitrogens with zero attached hydrogens (tertiary/aromatic N) is 1. The van der Waals surface area contributed by atoms with E-state index in [4.69, 9.17) is 9.47 Å². The SMILES string of the molecule is COC(=O)c1ccccc1NC(=O)COC(=O)COc1ccc([N+](=O)[O-])cc1. The molecule has 10 nitrogen and oxygen atoms in total. The van der Waals surface area contributed by atoms with E-state index >= 15 is 0 Å². The number of hydrogen-bond donors (Lipinski definition) is 1. The van der Waals surface area contributed by atoms with Gasteiger partial charge in [-0.2, -0.15) is 0 Å². The number of carbonyl (C=O) groups is 3. The molecule has 0 aliphatic rings. The van der Waals surface area contributed by atoms with Gasteiger partial charge in [-0.05, 0) is 24.3 Å². The largest absolute Gasteiger partial charge is 0.482 e. The molecule has 0 radical (unpaired) electrons. The number of ether oxygens (including phenoxy) is 3. The zero-order valence-electron chi connectivity index (χ0n) is 14.7. The first-order chi connectivity index (χ1) is 13.4. The Morgan fingerprint density at radius 3 is 2.36 bits per heavy atom. The first-order valence-electron chi connectivity index (χ1n) is 7.90. The number of esters is 2. The number of nitro groups is 1. The quantitative estimate of drug-likeness (QED) is 0.412. The summed E-state index contributed by atoms with van der Waals surface area (Å²) in [6, 6.07) is 11.3. The van der Waals surface area contributed by atoms with Gasteiger partial charge < -0.3 is 19.5 Å². The van der Waals surface area contributed by atoms with E-state index in [1.165, 1.54) is 43.5 Å². The maximum atomic E-state index is 11.9. The molecule has 0 saturated carbocycles. The lowest BCUT2D eigenvalue weighted by Gasteiger charge is -2.10. The zero-order chi connectivity index (χ0) is 20.5. The van der Waals surface area contributed by atoms with Crippen molar-refractivity contribution in [2.24, 2.45) is 0 Å². The van der Waals surface area contributed by atoms with Gasteiger partial charge in [0.1, 0.15) is 5.75 Å². The molecule has 1 amide bonds. The van der Waals surface area contributed by atoms with E-state index in [1.807, 2.05) is 0 Å². The minimum absolute atomic E-state index is 0.112. The molecule has 2 rings (SSSR count). The third kappa shape index (κ3) is 5.80. The Balaban J connectivity index is 1.80. The number of non-ortho nitro benzene ring substituents is 1. The predicted octanol–water partition coefficient (Wildman–Crippen LogP) is 1.94. The monoisotopic (exact) mass is 388 g/mol. The lowest BCUT2D eigenvalue weighted by molar-refractivity contribution is -0.384. The fourth-order valence-corrected chi connectivity index (χ4v) is 2.06. The van der Waals surface area contributed by atoms with Crippen LogP contribution in [0, 0.1) is 10.1 Å². The number of amides is 1. The highest BCUT2D eigenvalue weighted by Crippen LogP contribution is 2.17. The van der Waals surface area contributed by atoms with Crippen LogP contribution in [0.25, 0.3) is 0 Å². The Morgan fingerprint density at radius 1 is 1.04 bits per heavy atom. The molecule has 10 heteroatoms. The second-order valence-electron chi connectivity index (χ2n) is 5.29. The third-order valence-corrected chi connectivity index (χ3v) is 3.37. The fraction of sp³-hybridized carbons (Fsp3) is 0.167. The van der Waals surface area contributed by atoms with E-state index < -0.39 is 36.0 Å². The van der Waals surface area contributed by atoms with E-state index in [0.29, 0.717) is 0 Å². The molecule has 0 bridgehead atoms. The van der Waals surface area contributed by atoms with Crippen LogP contribution in [0.2, 0.25) is 0 Å².